The Kier molecular flexibility index (Phi) is 3.37. The fraction of sp³-hybridized carbons (Fsp3) is 0.111. The number of carbonyl (C=O) groups is 1. The Morgan fingerprint density at radius 3 is 2.68 bits per heavy atom. The number of anilines is 2. The van der Waals surface area contributed by atoms with Crippen molar-refractivity contribution in [2.75, 3.05) is 18.5 Å². The topological polar surface area (TPSA) is 100 Å². The van der Waals surface area contributed by atoms with Crippen LogP contribution in [0.1, 0.15) is 20.0 Å². The van der Waals surface area contributed by atoms with Gasteiger partial charge in [-0.25, -0.2) is 4.79 Å². The molecule has 0 fully saturated rings. The van der Waals surface area contributed by atoms with E-state index in [9.17, 15) is 9.59 Å². The summed E-state index contributed by atoms with van der Waals surface area (Å²) < 4.78 is 27.8. The quantitative estimate of drug-likeness (QED) is 0.504. The van der Waals surface area contributed by atoms with Gasteiger partial charge in [-0.3, -0.25) is 9.36 Å². The normalized spacial score (nSPS) is 13.1. The van der Waals surface area contributed by atoms with Crippen LogP contribution in [0.4, 0.5) is 11.4 Å². The molecule has 3 rings (SSSR count). The Balaban J connectivity index is 2.43. The lowest BCUT2D eigenvalue weighted by Gasteiger charge is -2.17. The SMILES string of the molecule is [2H]C([2H])([2H])OC(=O)c1c(N)c2ccc(Br)cc2n(-c2ccc(N)cc2C)c1=O. The molecule has 6 nitrogen and oxygen atoms in total. The van der Waals surface area contributed by atoms with Crippen molar-refractivity contribution < 1.29 is 13.6 Å². The first kappa shape index (κ1) is 13.5. The predicted octanol–water partition coefficient (Wildman–Crippen LogP) is 3.01. The number of nitrogen functional groups attached to an aromatic ring is 2. The molecule has 1 aromatic heterocycles. The number of benzene rings is 2. The average Bonchev–Trinajstić information content (AvgIpc) is 2.55. The van der Waals surface area contributed by atoms with Gasteiger partial charge in [0, 0.05) is 15.5 Å². The van der Waals surface area contributed by atoms with Gasteiger partial charge in [0.05, 0.1) is 28.0 Å². The first-order valence-corrected chi connectivity index (χ1v) is 8.02. The molecule has 0 amide bonds. The van der Waals surface area contributed by atoms with E-state index in [1.807, 2.05) is 0 Å². The largest absolute Gasteiger partial charge is 0.465 e. The summed E-state index contributed by atoms with van der Waals surface area (Å²) in [6.07, 6.45) is 0. The van der Waals surface area contributed by atoms with E-state index < -0.39 is 24.1 Å². The molecular formula is C18H16BrN3O3. The molecule has 1 heterocycles. The number of aromatic nitrogens is 1. The van der Waals surface area contributed by atoms with Crippen molar-refractivity contribution in [3.8, 4) is 5.69 Å². The van der Waals surface area contributed by atoms with Gasteiger partial charge in [0.2, 0.25) is 0 Å². The fourth-order valence-corrected chi connectivity index (χ4v) is 3.15. The van der Waals surface area contributed by atoms with Gasteiger partial charge in [-0.05, 0) is 48.9 Å². The number of aryl methyl sites for hydroxylation is 1. The van der Waals surface area contributed by atoms with E-state index >= 15 is 0 Å². The average molecular weight is 405 g/mol. The van der Waals surface area contributed by atoms with E-state index in [0.29, 0.717) is 32.3 Å². The molecule has 0 atom stereocenters. The molecule has 0 aliphatic heterocycles. The molecule has 0 unspecified atom stereocenters. The summed E-state index contributed by atoms with van der Waals surface area (Å²) in [4.78, 5) is 25.7. The molecular weight excluding hydrogens is 386 g/mol. The molecule has 4 N–H and O–H groups in total. The van der Waals surface area contributed by atoms with Crippen molar-refractivity contribution in [1.29, 1.82) is 0 Å². The maximum atomic E-state index is 13.2. The van der Waals surface area contributed by atoms with Crippen LogP contribution in [0.5, 0.6) is 0 Å². The van der Waals surface area contributed by atoms with Crippen molar-refractivity contribution in [3.63, 3.8) is 0 Å². The van der Waals surface area contributed by atoms with Crippen molar-refractivity contribution >= 4 is 44.2 Å². The fourth-order valence-electron chi connectivity index (χ4n) is 2.81. The number of carbonyl (C=O) groups excluding carboxylic acids is 1. The lowest BCUT2D eigenvalue weighted by Crippen LogP contribution is -2.28. The van der Waals surface area contributed by atoms with Gasteiger partial charge in [-0.1, -0.05) is 15.9 Å². The number of halogens is 1. The van der Waals surface area contributed by atoms with E-state index in [2.05, 4.69) is 20.7 Å². The van der Waals surface area contributed by atoms with Crippen LogP contribution in [-0.2, 0) is 4.74 Å². The molecule has 0 saturated heterocycles. The zero-order valence-electron chi connectivity index (χ0n) is 16.2. The van der Waals surface area contributed by atoms with Crippen LogP contribution >= 0.6 is 15.9 Å². The van der Waals surface area contributed by atoms with Crippen LogP contribution in [0.2, 0.25) is 0 Å². The highest BCUT2D eigenvalue weighted by Gasteiger charge is 2.22. The Labute approximate surface area is 156 Å². The smallest absolute Gasteiger partial charge is 0.345 e. The lowest BCUT2D eigenvalue weighted by atomic mass is 10.1. The van der Waals surface area contributed by atoms with Crippen molar-refractivity contribution in [1.82, 2.24) is 4.57 Å². The van der Waals surface area contributed by atoms with Crippen LogP contribution in [0.15, 0.2) is 45.7 Å². The van der Waals surface area contributed by atoms with E-state index in [4.69, 9.17) is 15.6 Å². The number of pyridine rings is 1. The second kappa shape index (κ2) is 6.25. The highest BCUT2D eigenvalue weighted by molar-refractivity contribution is 9.10. The third-order valence-electron chi connectivity index (χ3n) is 3.94. The molecule has 0 aliphatic carbocycles. The van der Waals surface area contributed by atoms with Crippen molar-refractivity contribution in [2.45, 2.75) is 6.92 Å². The minimum atomic E-state index is -3.01. The highest BCUT2D eigenvalue weighted by atomic mass is 79.9. The maximum absolute atomic E-state index is 13.2. The number of esters is 1. The van der Waals surface area contributed by atoms with Gasteiger partial charge in [-0.2, -0.15) is 0 Å². The molecule has 128 valence electrons. The minimum absolute atomic E-state index is 0.147. The number of hydrogen-bond donors (Lipinski definition) is 2. The molecule has 3 aromatic rings. The summed E-state index contributed by atoms with van der Waals surface area (Å²) in [6.45, 7) is 1.76. The van der Waals surface area contributed by atoms with Crippen LogP contribution in [0, 0.1) is 6.92 Å². The summed E-state index contributed by atoms with van der Waals surface area (Å²) in [7, 11) is -3.01. The van der Waals surface area contributed by atoms with Gasteiger partial charge in [-0.15, -0.1) is 0 Å². The molecule has 0 spiro atoms. The number of ether oxygens (including phenoxy) is 1. The first-order valence-electron chi connectivity index (χ1n) is 8.73. The molecule has 2 aromatic carbocycles. The minimum Gasteiger partial charge on any atom is -0.465 e. The zero-order valence-corrected chi connectivity index (χ0v) is 14.8. The third-order valence-corrected chi connectivity index (χ3v) is 4.43. The van der Waals surface area contributed by atoms with E-state index in [1.54, 1.807) is 43.3 Å². The summed E-state index contributed by atoms with van der Waals surface area (Å²) in [5.41, 5.74) is 12.5. The Bertz CT molecular complexity index is 1170. The Morgan fingerprint density at radius 2 is 2.00 bits per heavy atom. The summed E-state index contributed by atoms with van der Waals surface area (Å²) in [6, 6.07) is 9.95. The van der Waals surface area contributed by atoms with Crippen LogP contribution in [0.3, 0.4) is 0 Å². The van der Waals surface area contributed by atoms with Crippen LogP contribution < -0.4 is 17.0 Å². The molecule has 25 heavy (non-hydrogen) atoms. The Hall–Kier alpha value is -2.80. The molecule has 0 saturated carbocycles. The zero-order chi connectivity index (χ0) is 20.8. The monoisotopic (exact) mass is 404 g/mol. The van der Waals surface area contributed by atoms with E-state index in [-0.39, 0.29) is 5.69 Å². The maximum Gasteiger partial charge on any atom is 0.345 e. The second-order valence-corrected chi connectivity index (χ2v) is 6.44. The highest BCUT2D eigenvalue weighted by Crippen LogP contribution is 2.29. The van der Waals surface area contributed by atoms with Gasteiger partial charge in [0.25, 0.3) is 5.56 Å². The molecule has 0 radical (unpaired) electrons. The molecule has 0 aliphatic rings. The van der Waals surface area contributed by atoms with Crippen molar-refractivity contribution in [3.05, 3.63) is 62.4 Å². The predicted molar refractivity (Wildman–Crippen MR) is 102 cm³/mol. The van der Waals surface area contributed by atoms with Gasteiger partial charge >= 0.3 is 5.97 Å². The molecule has 0 bridgehead atoms. The summed E-state index contributed by atoms with van der Waals surface area (Å²) >= 11 is 3.36. The number of nitrogens with two attached hydrogens (primary N) is 2. The van der Waals surface area contributed by atoms with Gasteiger partial charge < -0.3 is 16.2 Å². The number of hydrogen-bond acceptors (Lipinski definition) is 5. The summed E-state index contributed by atoms with van der Waals surface area (Å²) in [5.74, 6) is -1.31. The first-order chi connectivity index (χ1) is 13.0. The van der Waals surface area contributed by atoms with Gasteiger partial charge in [0.15, 0.2) is 0 Å². The van der Waals surface area contributed by atoms with Crippen LogP contribution in [0.25, 0.3) is 16.6 Å². The standard InChI is InChI=1S/C18H16BrN3O3/c1-9-7-11(20)4-6-13(9)22-14-8-10(19)3-5-12(14)16(21)15(17(22)23)18(24)25-2/h3-8H,20-21H2,1-2H3/i2D3. The number of fused-ring (bicyclic) bond motifs is 1. The number of nitrogens with zero attached hydrogens (tertiary/aromatic N) is 1. The third kappa shape index (κ3) is 2.76. The van der Waals surface area contributed by atoms with Crippen molar-refractivity contribution in [2.24, 2.45) is 0 Å². The Morgan fingerprint density at radius 1 is 1.24 bits per heavy atom. The van der Waals surface area contributed by atoms with E-state index in [1.165, 1.54) is 4.57 Å². The molecule has 7 heteroatoms. The van der Waals surface area contributed by atoms with Crippen LogP contribution in [-0.4, -0.2) is 17.6 Å². The van der Waals surface area contributed by atoms with E-state index in [0.717, 1.165) is 0 Å². The lowest BCUT2D eigenvalue weighted by molar-refractivity contribution is 0.0600. The summed E-state index contributed by atoms with van der Waals surface area (Å²) in [5, 5.41) is 0.400. The number of methoxy groups -OCH3 is 1. The number of rotatable bonds is 2. The van der Waals surface area contributed by atoms with Gasteiger partial charge in [0.1, 0.15) is 5.56 Å². The second-order valence-electron chi connectivity index (χ2n) is 5.53.